The molecule has 1 aliphatic carbocycles. The van der Waals surface area contributed by atoms with Crippen LogP contribution in [0.3, 0.4) is 0 Å². The summed E-state index contributed by atoms with van der Waals surface area (Å²) in [6, 6.07) is 0. The number of carboxylic acid groups (broad SMARTS) is 1. The van der Waals surface area contributed by atoms with Gasteiger partial charge in [-0.3, -0.25) is 0 Å². The van der Waals surface area contributed by atoms with Crippen LogP contribution in [0.25, 0.3) is 0 Å². The molecule has 0 aromatic carbocycles. The molecule has 1 aliphatic rings. The van der Waals surface area contributed by atoms with E-state index in [1.165, 1.54) is 6.42 Å². The van der Waals surface area contributed by atoms with Crippen LogP contribution in [0.15, 0.2) is 0 Å². The molecule has 20 heavy (non-hydrogen) atoms. The van der Waals surface area contributed by atoms with Crippen molar-refractivity contribution in [3.05, 3.63) is 0 Å². The van der Waals surface area contributed by atoms with Crippen molar-refractivity contribution in [1.29, 1.82) is 0 Å². The molecule has 0 aromatic rings. The SMILES string of the molecule is CC(C)(C)OC(=O)N[C@@](C)(CC1CCCCC1)C(=O)O. The Morgan fingerprint density at radius 3 is 2.15 bits per heavy atom. The standard InChI is InChI=1S/C15H27NO4/c1-14(2,3)20-13(19)16-15(4,12(17)18)10-11-8-6-5-7-9-11/h11H,5-10H2,1-4H3,(H,16,19)(H,17,18)/t15-/m0/s1. The molecule has 0 aliphatic heterocycles. The van der Waals surface area contributed by atoms with Crippen LogP contribution < -0.4 is 5.32 Å². The van der Waals surface area contributed by atoms with Gasteiger partial charge in [0.2, 0.25) is 0 Å². The number of rotatable bonds is 4. The summed E-state index contributed by atoms with van der Waals surface area (Å²) < 4.78 is 5.16. The predicted molar refractivity (Wildman–Crippen MR) is 76.6 cm³/mol. The van der Waals surface area contributed by atoms with E-state index in [9.17, 15) is 14.7 Å². The molecule has 1 atom stereocenters. The average molecular weight is 285 g/mol. The Bertz CT molecular complexity index is 355. The second-order valence-corrected chi connectivity index (χ2v) is 6.97. The predicted octanol–water partition coefficient (Wildman–Crippen LogP) is 3.32. The highest BCUT2D eigenvalue weighted by Gasteiger charge is 2.38. The quantitative estimate of drug-likeness (QED) is 0.830. The molecule has 0 heterocycles. The van der Waals surface area contributed by atoms with Crippen molar-refractivity contribution in [3.8, 4) is 0 Å². The Morgan fingerprint density at radius 1 is 1.15 bits per heavy atom. The maximum Gasteiger partial charge on any atom is 0.408 e. The van der Waals surface area contributed by atoms with Gasteiger partial charge in [-0.05, 0) is 40.0 Å². The number of amides is 1. The molecule has 0 bridgehead atoms. The number of ether oxygens (including phenoxy) is 1. The highest BCUT2D eigenvalue weighted by atomic mass is 16.6. The lowest BCUT2D eigenvalue weighted by atomic mass is 9.80. The second kappa shape index (κ2) is 6.46. The molecule has 5 heteroatoms. The van der Waals surface area contributed by atoms with Gasteiger partial charge in [-0.25, -0.2) is 9.59 Å². The fourth-order valence-electron chi connectivity index (χ4n) is 2.69. The van der Waals surface area contributed by atoms with Gasteiger partial charge in [0, 0.05) is 0 Å². The summed E-state index contributed by atoms with van der Waals surface area (Å²) in [5.41, 5.74) is -1.89. The number of alkyl carbamates (subject to hydrolysis) is 1. The van der Waals surface area contributed by atoms with Crippen LogP contribution in [0.5, 0.6) is 0 Å². The summed E-state index contributed by atoms with van der Waals surface area (Å²) in [6.07, 6.45) is 5.39. The lowest BCUT2D eigenvalue weighted by molar-refractivity contribution is -0.145. The number of hydrogen-bond donors (Lipinski definition) is 2. The van der Waals surface area contributed by atoms with Crippen LogP contribution in [0.2, 0.25) is 0 Å². The lowest BCUT2D eigenvalue weighted by Crippen LogP contribution is -2.54. The normalized spacial score (nSPS) is 20.0. The van der Waals surface area contributed by atoms with Crippen molar-refractivity contribution in [1.82, 2.24) is 5.32 Å². The van der Waals surface area contributed by atoms with Crippen LogP contribution in [0.4, 0.5) is 4.79 Å². The van der Waals surface area contributed by atoms with Gasteiger partial charge in [-0.1, -0.05) is 32.1 Å². The van der Waals surface area contributed by atoms with Crippen molar-refractivity contribution in [3.63, 3.8) is 0 Å². The van der Waals surface area contributed by atoms with Gasteiger partial charge in [-0.2, -0.15) is 0 Å². The number of carboxylic acids is 1. The van der Waals surface area contributed by atoms with Crippen LogP contribution in [0.1, 0.15) is 66.2 Å². The first kappa shape index (κ1) is 16.8. The number of aliphatic carboxylic acids is 1. The second-order valence-electron chi connectivity index (χ2n) is 6.97. The number of hydrogen-bond acceptors (Lipinski definition) is 3. The third-order valence-electron chi connectivity index (χ3n) is 3.67. The molecule has 0 aromatic heterocycles. The van der Waals surface area contributed by atoms with Crippen molar-refractivity contribution >= 4 is 12.1 Å². The van der Waals surface area contributed by atoms with Crippen molar-refractivity contribution in [2.45, 2.75) is 77.4 Å². The Balaban J connectivity index is 2.65. The molecule has 5 nitrogen and oxygen atoms in total. The fourth-order valence-corrected chi connectivity index (χ4v) is 2.69. The zero-order valence-corrected chi connectivity index (χ0v) is 13.0. The molecule has 0 spiro atoms. The highest BCUT2D eigenvalue weighted by Crippen LogP contribution is 2.31. The summed E-state index contributed by atoms with van der Waals surface area (Å²) >= 11 is 0. The van der Waals surface area contributed by atoms with Crippen molar-refractivity contribution in [2.24, 2.45) is 5.92 Å². The van der Waals surface area contributed by atoms with E-state index >= 15 is 0 Å². The Kier molecular flexibility index (Phi) is 5.42. The van der Waals surface area contributed by atoms with E-state index in [1.807, 2.05) is 0 Å². The highest BCUT2D eigenvalue weighted by molar-refractivity contribution is 5.84. The first-order valence-electron chi connectivity index (χ1n) is 7.37. The molecule has 1 amide bonds. The van der Waals surface area contributed by atoms with Gasteiger partial charge >= 0.3 is 12.1 Å². The summed E-state index contributed by atoms with van der Waals surface area (Å²) in [6.45, 7) is 6.83. The minimum absolute atomic E-state index is 0.361. The van der Waals surface area contributed by atoms with Gasteiger partial charge in [-0.15, -0.1) is 0 Å². The Morgan fingerprint density at radius 2 is 1.70 bits per heavy atom. The monoisotopic (exact) mass is 285 g/mol. The molecule has 0 unspecified atom stereocenters. The molecular weight excluding hydrogens is 258 g/mol. The summed E-state index contributed by atoms with van der Waals surface area (Å²) in [5.74, 6) is -0.645. The van der Waals surface area contributed by atoms with Gasteiger partial charge in [0.25, 0.3) is 0 Å². The van der Waals surface area contributed by atoms with Crippen LogP contribution >= 0.6 is 0 Å². The van der Waals surface area contributed by atoms with E-state index in [0.717, 1.165) is 25.7 Å². The first-order valence-corrected chi connectivity index (χ1v) is 7.37. The molecule has 0 radical (unpaired) electrons. The molecule has 116 valence electrons. The Hall–Kier alpha value is -1.26. The number of carbonyl (C=O) groups excluding carboxylic acids is 1. The van der Waals surface area contributed by atoms with Crippen LogP contribution in [0, 0.1) is 5.92 Å². The fraction of sp³-hybridized carbons (Fsp3) is 0.867. The zero-order chi connectivity index (χ0) is 15.4. The summed E-state index contributed by atoms with van der Waals surface area (Å²) in [7, 11) is 0. The molecular formula is C15H27NO4. The summed E-state index contributed by atoms with van der Waals surface area (Å²) in [5, 5.41) is 12.0. The van der Waals surface area contributed by atoms with Gasteiger partial charge < -0.3 is 15.2 Å². The van der Waals surface area contributed by atoms with E-state index in [0.29, 0.717) is 12.3 Å². The average Bonchev–Trinajstić information content (AvgIpc) is 2.26. The van der Waals surface area contributed by atoms with Crippen molar-refractivity contribution < 1.29 is 19.4 Å². The van der Waals surface area contributed by atoms with Gasteiger partial charge in [0.1, 0.15) is 11.1 Å². The van der Waals surface area contributed by atoms with Gasteiger partial charge in [0.05, 0.1) is 0 Å². The van der Waals surface area contributed by atoms with Gasteiger partial charge in [0.15, 0.2) is 0 Å². The zero-order valence-electron chi connectivity index (χ0n) is 13.0. The first-order chi connectivity index (χ1) is 9.12. The summed E-state index contributed by atoms with van der Waals surface area (Å²) in [4.78, 5) is 23.3. The largest absolute Gasteiger partial charge is 0.480 e. The van der Waals surface area contributed by atoms with E-state index < -0.39 is 23.2 Å². The van der Waals surface area contributed by atoms with E-state index in [4.69, 9.17) is 4.74 Å². The van der Waals surface area contributed by atoms with Crippen LogP contribution in [-0.2, 0) is 9.53 Å². The maximum atomic E-state index is 11.8. The topological polar surface area (TPSA) is 75.6 Å². The molecule has 0 saturated heterocycles. The third-order valence-corrected chi connectivity index (χ3v) is 3.67. The number of carbonyl (C=O) groups is 2. The van der Waals surface area contributed by atoms with E-state index in [-0.39, 0.29) is 0 Å². The van der Waals surface area contributed by atoms with E-state index in [2.05, 4.69) is 5.32 Å². The molecule has 1 fully saturated rings. The Labute approximate surface area is 121 Å². The maximum absolute atomic E-state index is 11.8. The molecule has 2 N–H and O–H groups in total. The van der Waals surface area contributed by atoms with E-state index in [1.54, 1.807) is 27.7 Å². The minimum atomic E-state index is -1.26. The molecule has 1 rings (SSSR count). The van der Waals surface area contributed by atoms with Crippen LogP contribution in [-0.4, -0.2) is 28.3 Å². The van der Waals surface area contributed by atoms with Crippen molar-refractivity contribution in [2.75, 3.05) is 0 Å². The molecule has 1 saturated carbocycles. The lowest BCUT2D eigenvalue weighted by Gasteiger charge is -2.33. The number of nitrogens with one attached hydrogen (secondary N) is 1. The third kappa shape index (κ3) is 5.39. The smallest absolute Gasteiger partial charge is 0.408 e. The minimum Gasteiger partial charge on any atom is -0.480 e.